The van der Waals surface area contributed by atoms with Crippen LogP contribution in [0.4, 0.5) is 4.79 Å². The van der Waals surface area contributed by atoms with Gasteiger partial charge in [-0.3, -0.25) is 9.91 Å². The molecule has 2 aliphatic rings. The van der Waals surface area contributed by atoms with Crippen LogP contribution < -0.4 is 10.3 Å². The van der Waals surface area contributed by atoms with E-state index in [4.69, 9.17) is 14.3 Å². The predicted molar refractivity (Wildman–Crippen MR) is 78.0 cm³/mol. The van der Waals surface area contributed by atoms with Gasteiger partial charge in [-0.2, -0.15) is 0 Å². The maximum Gasteiger partial charge on any atom is 0.417 e. The molecule has 1 atom stereocenters. The van der Waals surface area contributed by atoms with E-state index >= 15 is 0 Å². The lowest BCUT2D eigenvalue weighted by atomic mass is 10.1. The maximum atomic E-state index is 12.3. The van der Waals surface area contributed by atoms with Crippen LogP contribution in [0.5, 0.6) is 5.75 Å². The molecule has 1 fully saturated rings. The number of nitrogens with one attached hydrogen (secondary N) is 1. The quantitative estimate of drug-likeness (QED) is 0.920. The third-order valence-electron chi connectivity index (χ3n) is 3.52. The first kappa shape index (κ1) is 14.7. The zero-order valence-corrected chi connectivity index (χ0v) is 12.2. The van der Waals surface area contributed by atoms with Gasteiger partial charge in [0.15, 0.2) is 0 Å². The van der Waals surface area contributed by atoms with Crippen LogP contribution in [0.2, 0.25) is 0 Å². The Morgan fingerprint density at radius 1 is 1.32 bits per heavy atom. The number of benzene rings is 1. The number of rotatable bonds is 4. The molecule has 1 amide bonds. The second-order valence-electron chi connectivity index (χ2n) is 5.08. The van der Waals surface area contributed by atoms with E-state index in [9.17, 15) is 4.79 Å². The highest BCUT2D eigenvalue weighted by Gasteiger charge is 2.29. The third-order valence-corrected chi connectivity index (χ3v) is 3.52. The van der Waals surface area contributed by atoms with Crippen LogP contribution in [0.1, 0.15) is 19.3 Å². The monoisotopic (exact) mass is 305 g/mol. The molecule has 22 heavy (non-hydrogen) atoms. The fourth-order valence-electron chi connectivity index (χ4n) is 2.40. The highest BCUT2D eigenvalue weighted by Crippen LogP contribution is 2.20. The van der Waals surface area contributed by atoms with Gasteiger partial charge in [0.25, 0.3) is 0 Å². The van der Waals surface area contributed by atoms with Crippen LogP contribution in [0.3, 0.4) is 0 Å². The van der Waals surface area contributed by atoms with E-state index in [2.05, 4.69) is 5.59 Å². The molecule has 0 saturated carbocycles. The summed E-state index contributed by atoms with van der Waals surface area (Å²) in [6.45, 7) is 0.923. The Bertz CT molecular complexity index is 523. The second-order valence-corrected chi connectivity index (χ2v) is 5.08. The summed E-state index contributed by atoms with van der Waals surface area (Å²) < 4.78 is 11.2. The highest BCUT2D eigenvalue weighted by molar-refractivity contribution is 5.71. The van der Waals surface area contributed by atoms with Crippen LogP contribution in [0.25, 0.3) is 0 Å². The Balaban J connectivity index is 1.56. The summed E-state index contributed by atoms with van der Waals surface area (Å²) in [4.78, 5) is 18.8. The molecule has 1 N–H and O–H groups in total. The summed E-state index contributed by atoms with van der Waals surface area (Å²) in [5.41, 5.74) is 2.64. The molecular formula is C15H19N3O4. The van der Waals surface area contributed by atoms with E-state index in [1.54, 1.807) is 28.2 Å². The number of para-hydroxylation sites is 1. The smallest absolute Gasteiger partial charge is 0.410 e. The van der Waals surface area contributed by atoms with Gasteiger partial charge >= 0.3 is 6.09 Å². The van der Waals surface area contributed by atoms with E-state index in [-0.39, 0.29) is 19.1 Å². The van der Waals surface area contributed by atoms with Crippen LogP contribution in [-0.4, -0.2) is 35.5 Å². The van der Waals surface area contributed by atoms with Gasteiger partial charge in [0.2, 0.25) is 0 Å². The summed E-state index contributed by atoms with van der Waals surface area (Å²) in [5.74, 6) is 0.536. The van der Waals surface area contributed by atoms with Crippen molar-refractivity contribution in [2.45, 2.75) is 25.5 Å². The van der Waals surface area contributed by atoms with Gasteiger partial charge in [-0.25, -0.2) is 4.79 Å². The number of amides is 1. The Hall–Kier alpha value is -2.25. The van der Waals surface area contributed by atoms with Crippen molar-refractivity contribution in [3.63, 3.8) is 0 Å². The zero-order chi connectivity index (χ0) is 15.2. The van der Waals surface area contributed by atoms with Gasteiger partial charge < -0.3 is 14.3 Å². The molecule has 1 aromatic rings. The highest BCUT2D eigenvalue weighted by atomic mass is 16.7. The van der Waals surface area contributed by atoms with Gasteiger partial charge in [-0.15, -0.1) is 0 Å². The molecule has 2 aliphatic heterocycles. The molecule has 0 aliphatic carbocycles. The second kappa shape index (κ2) is 7.15. The first-order chi connectivity index (χ1) is 10.8. The zero-order valence-electron chi connectivity index (χ0n) is 12.2. The van der Waals surface area contributed by atoms with Crippen molar-refractivity contribution in [3.05, 3.63) is 42.8 Å². The molecule has 0 radical (unpaired) electrons. The number of ether oxygens (including phenoxy) is 2. The van der Waals surface area contributed by atoms with Crippen molar-refractivity contribution in [3.8, 4) is 5.75 Å². The van der Waals surface area contributed by atoms with E-state index in [0.29, 0.717) is 12.3 Å². The van der Waals surface area contributed by atoms with Crippen LogP contribution >= 0.6 is 0 Å². The van der Waals surface area contributed by atoms with Gasteiger partial charge in [-0.1, -0.05) is 23.8 Å². The minimum atomic E-state index is -0.378. The van der Waals surface area contributed by atoms with Crippen LogP contribution in [0, 0.1) is 0 Å². The molecule has 2 heterocycles. The molecule has 0 spiro atoms. The van der Waals surface area contributed by atoms with Gasteiger partial charge in [0.1, 0.15) is 25.0 Å². The van der Waals surface area contributed by atoms with Gasteiger partial charge in [-0.05, 0) is 31.4 Å². The standard InChI is InChI=1S/C15H19N3O4/c19-15(22-13-6-2-1-3-7-13)18-9-5-4-8-14(18)20-12-17-10-11-21-16-17/h1-3,6-7,10-11,14,16H,4-5,8-9,12H2. The molecule has 1 aromatic carbocycles. The Kier molecular flexibility index (Phi) is 4.77. The van der Waals surface area contributed by atoms with Crippen LogP contribution in [0.15, 0.2) is 42.8 Å². The van der Waals surface area contributed by atoms with E-state index < -0.39 is 0 Å². The van der Waals surface area contributed by atoms with E-state index in [1.807, 2.05) is 18.2 Å². The molecule has 7 nitrogen and oxygen atoms in total. The molecule has 1 unspecified atom stereocenters. The van der Waals surface area contributed by atoms with Crippen molar-refractivity contribution < 1.29 is 19.1 Å². The molecule has 3 rings (SSSR count). The minimum Gasteiger partial charge on any atom is -0.410 e. The fraction of sp³-hybridized carbons (Fsp3) is 0.400. The number of nitrogens with zero attached hydrogens (tertiary/aromatic N) is 2. The first-order valence-corrected chi connectivity index (χ1v) is 7.32. The number of carbonyl (C=O) groups is 1. The molecule has 118 valence electrons. The Morgan fingerprint density at radius 2 is 2.18 bits per heavy atom. The Morgan fingerprint density at radius 3 is 2.95 bits per heavy atom. The molecule has 1 saturated heterocycles. The number of carbonyl (C=O) groups excluding carboxylic acids is 1. The first-order valence-electron chi connectivity index (χ1n) is 7.32. The average molecular weight is 305 g/mol. The van der Waals surface area contributed by atoms with Crippen LogP contribution in [-0.2, 0) is 9.57 Å². The summed E-state index contributed by atoms with van der Waals surface area (Å²) in [6.07, 6.45) is 5.34. The van der Waals surface area contributed by atoms with E-state index in [1.165, 1.54) is 6.26 Å². The van der Waals surface area contributed by atoms with Crippen molar-refractivity contribution in [1.82, 2.24) is 15.5 Å². The lowest BCUT2D eigenvalue weighted by Gasteiger charge is -2.35. The van der Waals surface area contributed by atoms with Crippen molar-refractivity contribution in [2.75, 3.05) is 13.3 Å². The summed E-state index contributed by atoms with van der Waals surface area (Å²) >= 11 is 0. The minimum absolute atomic E-state index is 0.288. The lowest BCUT2D eigenvalue weighted by molar-refractivity contribution is -0.121. The SMILES string of the molecule is O=C(Oc1ccccc1)N1CCCCC1OCN1C=CON1. The van der Waals surface area contributed by atoms with Gasteiger partial charge in [0.05, 0.1) is 6.20 Å². The predicted octanol–water partition coefficient (Wildman–Crippen LogP) is 2.19. The molecule has 0 bridgehead atoms. The van der Waals surface area contributed by atoms with Crippen molar-refractivity contribution in [1.29, 1.82) is 0 Å². The Labute approximate surface area is 129 Å². The number of hydrogen-bond acceptors (Lipinski definition) is 6. The third kappa shape index (κ3) is 3.69. The average Bonchev–Trinajstić information content (AvgIpc) is 3.07. The number of hydrazine groups is 1. The topological polar surface area (TPSA) is 63.3 Å². The molecule has 0 aromatic heterocycles. The number of hydrogen-bond donors (Lipinski definition) is 1. The fourth-order valence-corrected chi connectivity index (χ4v) is 2.40. The van der Waals surface area contributed by atoms with Crippen molar-refractivity contribution >= 4 is 6.09 Å². The largest absolute Gasteiger partial charge is 0.417 e. The summed E-state index contributed by atoms with van der Waals surface area (Å²) in [7, 11) is 0. The number of likely N-dealkylation sites (tertiary alicyclic amines) is 1. The molecule has 7 heteroatoms. The number of piperidine rings is 1. The summed E-state index contributed by atoms with van der Waals surface area (Å²) in [6, 6.07) is 9.06. The van der Waals surface area contributed by atoms with Gasteiger partial charge in [0, 0.05) is 6.54 Å². The molecular weight excluding hydrogens is 286 g/mol. The van der Waals surface area contributed by atoms with E-state index in [0.717, 1.165) is 19.3 Å². The normalized spacial score (nSPS) is 20.8. The summed E-state index contributed by atoms with van der Waals surface area (Å²) in [5, 5.41) is 1.65. The lowest BCUT2D eigenvalue weighted by Crippen LogP contribution is -2.48. The van der Waals surface area contributed by atoms with Crippen molar-refractivity contribution in [2.24, 2.45) is 0 Å². The maximum absolute atomic E-state index is 12.3.